The number of nitrogens with one attached hydrogen (secondary N) is 3. The molecule has 2 aromatic carbocycles. The Balaban J connectivity index is 1.93. The summed E-state index contributed by atoms with van der Waals surface area (Å²) in [5.74, 6) is -2.52. The van der Waals surface area contributed by atoms with Gasteiger partial charge in [-0.3, -0.25) is 25.2 Å². The molecule has 166 valence electrons. The molecule has 0 aliphatic heterocycles. The molecule has 9 nitrogen and oxygen atoms in total. The molecule has 0 saturated heterocycles. The highest BCUT2D eigenvalue weighted by atomic mass is 32.2. The monoisotopic (exact) mass is 450 g/mol. The summed E-state index contributed by atoms with van der Waals surface area (Å²) in [6, 6.07) is 10.2. The number of hydrogen-bond acceptors (Lipinski definition) is 5. The smallest absolute Gasteiger partial charge is 0.269 e. The van der Waals surface area contributed by atoms with Crippen molar-refractivity contribution in [1.82, 2.24) is 20.5 Å². The minimum absolute atomic E-state index is 0.0314. The lowest BCUT2D eigenvalue weighted by Gasteiger charge is -2.18. The first-order valence-electron chi connectivity index (χ1n) is 9.42. The van der Waals surface area contributed by atoms with Crippen molar-refractivity contribution in [3.8, 4) is 0 Å². The molecule has 0 spiro atoms. The Bertz CT molecular complexity index is 1050. The van der Waals surface area contributed by atoms with Gasteiger partial charge in [0.25, 0.3) is 17.7 Å². The second-order valence-corrected chi connectivity index (χ2v) is 8.25. The van der Waals surface area contributed by atoms with Crippen molar-refractivity contribution in [2.75, 3.05) is 19.6 Å². The lowest BCUT2D eigenvalue weighted by atomic mass is 10.2. The van der Waals surface area contributed by atoms with Crippen molar-refractivity contribution < 1.29 is 27.2 Å². The lowest BCUT2D eigenvalue weighted by Crippen LogP contribution is -2.46. The summed E-state index contributed by atoms with van der Waals surface area (Å²) in [4.78, 5) is 36.0. The molecular weight excluding hydrogens is 427 g/mol. The summed E-state index contributed by atoms with van der Waals surface area (Å²) in [7, 11) is -3.74. The van der Waals surface area contributed by atoms with E-state index in [-0.39, 0.29) is 29.1 Å². The molecule has 0 saturated carbocycles. The van der Waals surface area contributed by atoms with Gasteiger partial charge >= 0.3 is 0 Å². The number of nitrogens with zero attached hydrogens (tertiary/aromatic N) is 1. The molecule has 2 rings (SSSR count). The summed E-state index contributed by atoms with van der Waals surface area (Å²) in [5, 5.41) is 2.33. The van der Waals surface area contributed by atoms with E-state index in [9.17, 15) is 27.2 Å². The molecule has 0 bridgehead atoms. The van der Waals surface area contributed by atoms with Gasteiger partial charge < -0.3 is 5.32 Å². The van der Waals surface area contributed by atoms with Crippen molar-refractivity contribution >= 4 is 27.7 Å². The Labute approximate surface area is 179 Å². The second-order valence-electron chi connectivity index (χ2n) is 6.31. The van der Waals surface area contributed by atoms with Crippen molar-refractivity contribution in [1.29, 1.82) is 0 Å². The van der Waals surface area contributed by atoms with E-state index in [4.69, 9.17) is 0 Å². The Morgan fingerprint density at radius 2 is 1.55 bits per heavy atom. The van der Waals surface area contributed by atoms with E-state index in [2.05, 4.69) is 16.2 Å². The maximum atomic E-state index is 12.9. The van der Waals surface area contributed by atoms with E-state index in [1.54, 1.807) is 13.8 Å². The first-order valence-corrected chi connectivity index (χ1v) is 10.9. The van der Waals surface area contributed by atoms with Crippen LogP contribution in [0.4, 0.5) is 4.39 Å². The SMILES string of the molecule is CCN(CC)S(=O)(=O)c1cccc(C(=O)NNC(=O)CNC(=O)c2ccc(F)cc2)c1. The highest BCUT2D eigenvalue weighted by Crippen LogP contribution is 2.16. The quantitative estimate of drug-likeness (QED) is 0.519. The van der Waals surface area contributed by atoms with E-state index in [0.29, 0.717) is 0 Å². The molecule has 31 heavy (non-hydrogen) atoms. The van der Waals surface area contributed by atoms with Crippen LogP contribution in [-0.4, -0.2) is 50.1 Å². The molecule has 0 fully saturated rings. The van der Waals surface area contributed by atoms with Gasteiger partial charge in [-0.15, -0.1) is 0 Å². The topological polar surface area (TPSA) is 125 Å². The highest BCUT2D eigenvalue weighted by molar-refractivity contribution is 7.89. The van der Waals surface area contributed by atoms with Gasteiger partial charge in [0.2, 0.25) is 10.0 Å². The van der Waals surface area contributed by atoms with Crippen LogP contribution in [0.1, 0.15) is 34.6 Å². The minimum Gasteiger partial charge on any atom is -0.343 e. The average molecular weight is 450 g/mol. The minimum atomic E-state index is -3.74. The van der Waals surface area contributed by atoms with Crippen LogP contribution in [0, 0.1) is 5.82 Å². The number of carbonyl (C=O) groups excluding carboxylic acids is 3. The standard InChI is InChI=1S/C20H23FN4O5S/c1-3-25(4-2)31(29,30)17-7-5-6-15(12-17)20(28)24-23-18(26)13-22-19(27)14-8-10-16(21)11-9-14/h5-12H,3-4,13H2,1-2H3,(H,22,27)(H,23,26)(H,24,28). The third-order valence-corrected chi connectivity index (χ3v) is 6.32. The summed E-state index contributed by atoms with van der Waals surface area (Å²) in [5.41, 5.74) is 4.49. The number of hydrazine groups is 1. The van der Waals surface area contributed by atoms with Crippen LogP contribution in [0.5, 0.6) is 0 Å². The molecule has 0 heterocycles. The average Bonchev–Trinajstić information content (AvgIpc) is 2.77. The van der Waals surface area contributed by atoms with E-state index >= 15 is 0 Å². The van der Waals surface area contributed by atoms with Crippen LogP contribution in [-0.2, 0) is 14.8 Å². The van der Waals surface area contributed by atoms with Gasteiger partial charge in [0.15, 0.2) is 0 Å². The van der Waals surface area contributed by atoms with E-state index in [0.717, 1.165) is 12.1 Å². The largest absolute Gasteiger partial charge is 0.343 e. The molecular formula is C20H23FN4O5S. The second kappa shape index (κ2) is 10.6. The Morgan fingerprint density at radius 3 is 2.16 bits per heavy atom. The molecule has 0 aromatic heterocycles. The zero-order valence-electron chi connectivity index (χ0n) is 17.0. The molecule has 0 aliphatic carbocycles. The molecule has 0 radical (unpaired) electrons. The number of carbonyl (C=O) groups is 3. The Hall–Kier alpha value is -3.31. The zero-order valence-corrected chi connectivity index (χ0v) is 17.8. The van der Waals surface area contributed by atoms with Crippen molar-refractivity contribution in [2.24, 2.45) is 0 Å². The predicted octanol–water partition coefficient (Wildman–Crippen LogP) is 1.05. The van der Waals surface area contributed by atoms with Crippen molar-refractivity contribution in [3.05, 3.63) is 65.5 Å². The molecule has 0 unspecified atom stereocenters. The summed E-state index contributed by atoms with van der Waals surface area (Å²) in [6.45, 7) is 3.56. The van der Waals surface area contributed by atoms with Crippen LogP contribution < -0.4 is 16.2 Å². The maximum Gasteiger partial charge on any atom is 0.269 e. The molecule has 0 atom stereocenters. The number of rotatable bonds is 8. The van der Waals surface area contributed by atoms with Gasteiger partial charge in [-0.25, -0.2) is 12.8 Å². The normalized spacial score (nSPS) is 11.1. The van der Waals surface area contributed by atoms with Crippen LogP contribution in [0.15, 0.2) is 53.4 Å². The summed E-state index contributed by atoms with van der Waals surface area (Å²) >= 11 is 0. The fourth-order valence-electron chi connectivity index (χ4n) is 2.62. The zero-order chi connectivity index (χ0) is 23.0. The molecule has 0 aliphatic rings. The molecule has 3 N–H and O–H groups in total. The van der Waals surface area contributed by atoms with Gasteiger partial charge in [-0.1, -0.05) is 19.9 Å². The Morgan fingerprint density at radius 1 is 0.903 bits per heavy atom. The number of amides is 3. The van der Waals surface area contributed by atoms with Gasteiger partial charge in [0, 0.05) is 24.2 Å². The number of benzene rings is 2. The number of halogens is 1. The third kappa shape index (κ3) is 6.33. The van der Waals surface area contributed by atoms with Crippen LogP contribution in [0.25, 0.3) is 0 Å². The van der Waals surface area contributed by atoms with Crippen LogP contribution in [0.2, 0.25) is 0 Å². The molecule has 11 heteroatoms. The maximum absolute atomic E-state index is 12.9. The molecule has 2 aromatic rings. The summed E-state index contributed by atoms with van der Waals surface area (Å²) < 4.78 is 39.3. The van der Waals surface area contributed by atoms with Gasteiger partial charge in [-0.2, -0.15) is 4.31 Å². The van der Waals surface area contributed by atoms with Gasteiger partial charge in [-0.05, 0) is 42.5 Å². The lowest BCUT2D eigenvalue weighted by molar-refractivity contribution is -0.120. The van der Waals surface area contributed by atoms with E-state index < -0.39 is 40.1 Å². The van der Waals surface area contributed by atoms with Gasteiger partial charge in [0.1, 0.15) is 5.82 Å². The van der Waals surface area contributed by atoms with Crippen LogP contribution >= 0.6 is 0 Å². The number of hydrogen-bond donors (Lipinski definition) is 3. The fourth-order valence-corrected chi connectivity index (χ4v) is 4.12. The summed E-state index contributed by atoms with van der Waals surface area (Å²) in [6.07, 6.45) is 0. The third-order valence-electron chi connectivity index (χ3n) is 4.27. The first-order chi connectivity index (χ1) is 14.7. The van der Waals surface area contributed by atoms with E-state index in [1.807, 2.05) is 0 Å². The van der Waals surface area contributed by atoms with Crippen LogP contribution in [0.3, 0.4) is 0 Å². The Kier molecular flexibility index (Phi) is 8.22. The highest BCUT2D eigenvalue weighted by Gasteiger charge is 2.22. The van der Waals surface area contributed by atoms with Crippen molar-refractivity contribution in [3.63, 3.8) is 0 Å². The predicted molar refractivity (Wildman–Crippen MR) is 111 cm³/mol. The van der Waals surface area contributed by atoms with Gasteiger partial charge in [0.05, 0.1) is 11.4 Å². The molecule has 3 amide bonds. The van der Waals surface area contributed by atoms with E-state index in [1.165, 1.54) is 40.7 Å². The van der Waals surface area contributed by atoms with Crippen molar-refractivity contribution in [2.45, 2.75) is 18.7 Å². The first kappa shape index (κ1) is 24.0. The number of sulfonamides is 1. The fraction of sp³-hybridized carbons (Fsp3) is 0.250.